The Hall–Kier alpha value is -2.44. The normalized spacial score (nSPS) is 33.2. The van der Waals surface area contributed by atoms with E-state index in [1.54, 1.807) is 36.4 Å². The molecule has 5 aliphatic rings. The van der Waals surface area contributed by atoms with Crippen molar-refractivity contribution in [1.29, 1.82) is 0 Å². The molecule has 172 valence electrons. The van der Waals surface area contributed by atoms with Crippen LogP contribution < -0.4 is 16.4 Å². The number of rotatable bonds is 4. The van der Waals surface area contributed by atoms with Crippen LogP contribution in [0.15, 0.2) is 36.4 Å². The number of anilines is 2. The summed E-state index contributed by atoms with van der Waals surface area (Å²) < 4.78 is 6.07. The molecule has 6 nitrogen and oxygen atoms in total. The molecular weight excluding hydrogens is 461 g/mol. The summed E-state index contributed by atoms with van der Waals surface area (Å²) in [6.45, 7) is 0. The van der Waals surface area contributed by atoms with Gasteiger partial charge < -0.3 is 21.1 Å². The first kappa shape index (κ1) is 21.1. The third-order valence-electron chi connectivity index (χ3n) is 7.99. The number of primary amides is 1. The number of nitrogens with one attached hydrogen (secondary N) is 2. The second-order valence-electron chi connectivity index (χ2n) is 10.0. The molecule has 4 N–H and O–H groups in total. The maximum Gasteiger partial charge on any atom is 0.338 e. The van der Waals surface area contributed by atoms with Gasteiger partial charge in [0, 0.05) is 5.56 Å². The fraction of sp³-hybridized carbons (Fsp3) is 0.440. The van der Waals surface area contributed by atoms with E-state index in [9.17, 15) is 9.59 Å². The molecule has 0 aromatic heterocycles. The Labute approximate surface area is 202 Å². The molecule has 0 spiro atoms. The molecule has 7 rings (SSSR count). The highest BCUT2D eigenvalue weighted by molar-refractivity contribution is 6.37. The predicted molar refractivity (Wildman–Crippen MR) is 127 cm³/mol. The van der Waals surface area contributed by atoms with Gasteiger partial charge >= 0.3 is 5.97 Å². The number of amides is 1. The van der Waals surface area contributed by atoms with E-state index in [1.807, 2.05) is 0 Å². The van der Waals surface area contributed by atoms with E-state index >= 15 is 0 Å². The molecule has 1 aliphatic heterocycles. The SMILES string of the molecule is NC(=O)C1(c2c(Cl)cccc2Cl)Nc2ccc(C(=O)OC3C4CC5CC(C4)CC3C5)cc2N1. The van der Waals surface area contributed by atoms with Crippen molar-refractivity contribution in [2.75, 3.05) is 10.6 Å². The molecular formula is C25H25Cl2N3O3. The van der Waals surface area contributed by atoms with Gasteiger partial charge in [0.1, 0.15) is 6.10 Å². The van der Waals surface area contributed by atoms with Crippen molar-refractivity contribution >= 4 is 46.5 Å². The van der Waals surface area contributed by atoms with E-state index in [-0.39, 0.29) is 12.1 Å². The number of carbonyl (C=O) groups excluding carboxylic acids is 2. The Morgan fingerprint density at radius 1 is 0.909 bits per heavy atom. The van der Waals surface area contributed by atoms with E-state index in [2.05, 4.69) is 10.6 Å². The minimum absolute atomic E-state index is 0.0104. The molecule has 2 aromatic carbocycles. The summed E-state index contributed by atoms with van der Waals surface area (Å²) >= 11 is 12.8. The fourth-order valence-electron chi connectivity index (χ4n) is 6.81. The van der Waals surface area contributed by atoms with Crippen LogP contribution in [0.3, 0.4) is 0 Å². The van der Waals surface area contributed by atoms with Gasteiger partial charge in [0.05, 0.1) is 27.0 Å². The lowest BCUT2D eigenvalue weighted by Crippen LogP contribution is -2.51. The lowest BCUT2D eigenvalue weighted by atomic mass is 9.55. The van der Waals surface area contributed by atoms with Crippen molar-refractivity contribution in [3.05, 3.63) is 57.6 Å². The van der Waals surface area contributed by atoms with E-state index in [0.29, 0.717) is 44.4 Å². The Kier molecular flexibility index (Phi) is 4.82. The molecule has 1 atom stereocenters. The van der Waals surface area contributed by atoms with Crippen LogP contribution in [0.2, 0.25) is 10.0 Å². The van der Waals surface area contributed by atoms with Crippen molar-refractivity contribution in [3.63, 3.8) is 0 Å². The van der Waals surface area contributed by atoms with Gasteiger partial charge in [-0.25, -0.2) is 4.79 Å². The molecule has 2 aromatic rings. The zero-order valence-corrected chi connectivity index (χ0v) is 19.5. The van der Waals surface area contributed by atoms with Gasteiger partial charge in [-0.3, -0.25) is 4.79 Å². The average Bonchev–Trinajstić information content (AvgIpc) is 3.15. The molecule has 0 saturated heterocycles. The molecule has 1 heterocycles. The number of halogens is 2. The standard InChI is InChI=1S/C25H25Cl2N3O3/c26-17-2-1-3-18(27)21(17)25(24(28)32)29-19-5-4-14(11-20(19)30-25)23(31)33-22-15-7-12-6-13(9-15)10-16(22)8-12/h1-5,11-13,15-16,22,29-30H,6-10H2,(H2,28,32). The molecule has 1 unspecified atom stereocenters. The van der Waals surface area contributed by atoms with E-state index in [0.717, 1.165) is 11.8 Å². The van der Waals surface area contributed by atoms with Gasteiger partial charge in [0.25, 0.3) is 5.91 Å². The van der Waals surface area contributed by atoms with Crippen LogP contribution >= 0.6 is 23.2 Å². The van der Waals surface area contributed by atoms with Crippen LogP contribution in [-0.4, -0.2) is 18.0 Å². The first-order valence-electron chi connectivity index (χ1n) is 11.5. The van der Waals surface area contributed by atoms with Crippen molar-refractivity contribution in [2.24, 2.45) is 29.4 Å². The van der Waals surface area contributed by atoms with Crippen molar-refractivity contribution in [2.45, 2.75) is 43.9 Å². The summed E-state index contributed by atoms with van der Waals surface area (Å²) in [6.07, 6.45) is 6.09. The zero-order chi connectivity index (χ0) is 22.9. The number of fused-ring (bicyclic) bond motifs is 1. The largest absolute Gasteiger partial charge is 0.458 e. The maximum atomic E-state index is 13.1. The highest BCUT2D eigenvalue weighted by atomic mass is 35.5. The van der Waals surface area contributed by atoms with Gasteiger partial charge in [-0.05, 0) is 86.1 Å². The summed E-state index contributed by atoms with van der Waals surface area (Å²) in [5, 5.41) is 6.86. The Bertz CT molecular complexity index is 1120. The molecule has 4 aliphatic carbocycles. The van der Waals surface area contributed by atoms with Crippen molar-refractivity contribution in [1.82, 2.24) is 0 Å². The van der Waals surface area contributed by atoms with Gasteiger partial charge in [-0.15, -0.1) is 0 Å². The van der Waals surface area contributed by atoms with Gasteiger partial charge in [0.2, 0.25) is 5.66 Å². The number of benzene rings is 2. The van der Waals surface area contributed by atoms with E-state index < -0.39 is 11.6 Å². The number of hydrogen-bond donors (Lipinski definition) is 3. The van der Waals surface area contributed by atoms with E-state index in [1.165, 1.54) is 32.1 Å². The van der Waals surface area contributed by atoms with Crippen LogP contribution in [-0.2, 0) is 15.2 Å². The predicted octanol–water partition coefficient (Wildman–Crippen LogP) is 5.15. The Balaban J connectivity index is 1.26. The van der Waals surface area contributed by atoms with Crippen LogP contribution in [0.5, 0.6) is 0 Å². The number of carbonyl (C=O) groups is 2. The fourth-order valence-corrected chi connectivity index (χ4v) is 7.49. The quantitative estimate of drug-likeness (QED) is 0.520. The number of nitrogens with two attached hydrogens (primary N) is 1. The van der Waals surface area contributed by atoms with Gasteiger partial charge in [-0.2, -0.15) is 0 Å². The molecule has 4 bridgehead atoms. The summed E-state index contributed by atoms with van der Waals surface area (Å²) in [4.78, 5) is 25.7. The maximum absolute atomic E-state index is 13.1. The van der Waals surface area contributed by atoms with Crippen molar-refractivity contribution in [3.8, 4) is 0 Å². The van der Waals surface area contributed by atoms with Crippen molar-refractivity contribution < 1.29 is 14.3 Å². The molecule has 33 heavy (non-hydrogen) atoms. The number of esters is 1. The Morgan fingerprint density at radius 2 is 1.52 bits per heavy atom. The molecule has 1 amide bonds. The van der Waals surface area contributed by atoms with Crippen LogP contribution in [0.4, 0.5) is 11.4 Å². The summed E-state index contributed by atoms with van der Waals surface area (Å²) in [7, 11) is 0. The number of ether oxygens (including phenoxy) is 1. The van der Waals surface area contributed by atoms with Gasteiger partial charge in [-0.1, -0.05) is 29.3 Å². The van der Waals surface area contributed by atoms with Crippen LogP contribution in [0.25, 0.3) is 0 Å². The lowest BCUT2D eigenvalue weighted by Gasteiger charge is -2.53. The average molecular weight is 486 g/mol. The highest BCUT2D eigenvalue weighted by Gasteiger charge is 2.50. The monoisotopic (exact) mass is 485 g/mol. The molecule has 8 heteroatoms. The minimum Gasteiger partial charge on any atom is -0.458 e. The third-order valence-corrected chi connectivity index (χ3v) is 8.62. The van der Waals surface area contributed by atoms with Crippen LogP contribution in [0, 0.1) is 23.7 Å². The second kappa shape index (κ2) is 7.54. The topological polar surface area (TPSA) is 93.5 Å². The molecule has 4 fully saturated rings. The van der Waals surface area contributed by atoms with Gasteiger partial charge in [0.15, 0.2) is 0 Å². The molecule has 4 saturated carbocycles. The number of hydrogen-bond acceptors (Lipinski definition) is 5. The highest BCUT2D eigenvalue weighted by Crippen LogP contribution is 2.55. The zero-order valence-electron chi connectivity index (χ0n) is 17.9. The first-order valence-corrected chi connectivity index (χ1v) is 12.3. The third kappa shape index (κ3) is 3.29. The summed E-state index contributed by atoms with van der Waals surface area (Å²) in [5.74, 6) is 1.59. The Morgan fingerprint density at radius 3 is 2.12 bits per heavy atom. The molecule has 0 radical (unpaired) electrons. The van der Waals surface area contributed by atoms with E-state index in [4.69, 9.17) is 33.7 Å². The summed E-state index contributed by atoms with van der Waals surface area (Å²) in [6, 6.07) is 10.1. The summed E-state index contributed by atoms with van der Waals surface area (Å²) in [5.41, 5.74) is 6.23. The lowest BCUT2D eigenvalue weighted by molar-refractivity contribution is -0.121. The smallest absolute Gasteiger partial charge is 0.338 e. The second-order valence-corrected chi connectivity index (χ2v) is 10.8. The minimum atomic E-state index is -1.53. The van der Waals surface area contributed by atoms with Crippen LogP contribution in [0.1, 0.15) is 48.0 Å². The first-order chi connectivity index (χ1) is 15.8.